The van der Waals surface area contributed by atoms with E-state index in [1.807, 2.05) is 37.3 Å². The summed E-state index contributed by atoms with van der Waals surface area (Å²) in [5, 5.41) is 6.40. The molecule has 0 unspecified atom stereocenters. The number of anilines is 3. The third-order valence-electron chi connectivity index (χ3n) is 4.15. The summed E-state index contributed by atoms with van der Waals surface area (Å²) in [5.74, 6) is 2.20. The molecule has 146 valence electrons. The van der Waals surface area contributed by atoms with Crippen molar-refractivity contribution in [3.05, 3.63) is 65.6 Å². The first-order valence-corrected chi connectivity index (χ1v) is 8.91. The number of nitrogens with zero attached hydrogens (tertiary/aromatic N) is 2. The molecule has 2 aromatic carbocycles. The number of aromatic nitrogens is 2. The molecule has 0 spiro atoms. The normalized spacial score (nSPS) is 10.4. The van der Waals surface area contributed by atoms with E-state index in [9.17, 15) is 4.39 Å². The fourth-order valence-corrected chi connectivity index (χ4v) is 2.78. The topological polar surface area (TPSA) is 68.3 Å². The number of rotatable bonds is 8. The lowest BCUT2D eigenvalue weighted by molar-refractivity contribution is 0.355. The van der Waals surface area contributed by atoms with Gasteiger partial charge in [-0.1, -0.05) is 18.2 Å². The molecular formula is C21H23FN4O2. The van der Waals surface area contributed by atoms with Crippen LogP contribution in [0.15, 0.2) is 48.5 Å². The Hall–Kier alpha value is -3.35. The molecule has 3 aromatic rings. The van der Waals surface area contributed by atoms with Gasteiger partial charge in [-0.05, 0) is 37.1 Å². The van der Waals surface area contributed by atoms with E-state index in [4.69, 9.17) is 9.47 Å². The molecule has 0 saturated heterocycles. The minimum Gasteiger partial charge on any atom is -0.493 e. The Morgan fingerprint density at radius 2 is 1.75 bits per heavy atom. The van der Waals surface area contributed by atoms with Gasteiger partial charge in [-0.2, -0.15) is 4.98 Å². The Morgan fingerprint density at radius 1 is 0.964 bits per heavy atom. The van der Waals surface area contributed by atoms with Crippen LogP contribution in [0.4, 0.5) is 21.8 Å². The predicted octanol–water partition coefficient (Wildman–Crippen LogP) is 4.34. The molecule has 6 nitrogen and oxygen atoms in total. The van der Waals surface area contributed by atoms with E-state index in [0.717, 1.165) is 11.4 Å². The van der Waals surface area contributed by atoms with Gasteiger partial charge in [0.15, 0.2) is 11.5 Å². The third kappa shape index (κ3) is 4.88. The Kier molecular flexibility index (Phi) is 6.26. The van der Waals surface area contributed by atoms with Crippen LogP contribution in [0, 0.1) is 12.7 Å². The lowest BCUT2D eigenvalue weighted by atomic mass is 10.1. The van der Waals surface area contributed by atoms with Crippen molar-refractivity contribution in [2.45, 2.75) is 13.3 Å². The number of benzene rings is 2. The number of hydrogen-bond donors (Lipinski definition) is 2. The molecule has 0 amide bonds. The maximum absolute atomic E-state index is 13.7. The highest BCUT2D eigenvalue weighted by molar-refractivity contribution is 5.60. The van der Waals surface area contributed by atoms with Crippen molar-refractivity contribution in [2.75, 3.05) is 31.4 Å². The van der Waals surface area contributed by atoms with Gasteiger partial charge in [0.05, 0.1) is 14.2 Å². The number of nitrogens with one attached hydrogen (secondary N) is 2. The maximum Gasteiger partial charge on any atom is 0.229 e. The van der Waals surface area contributed by atoms with Gasteiger partial charge in [0.2, 0.25) is 5.95 Å². The highest BCUT2D eigenvalue weighted by atomic mass is 19.1. The highest BCUT2D eigenvalue weighted by Gasteiger charge is 2.08. The van der Waals surface area contributed by atoms with Crippen LogP contribution in [-0.2, 0) is 6.42 Å². The molecule has 0 atom stereocenters. The second-order valence-corrected chi connectivity index (χ2v) is 6.18. The number of hydrogen-bond acceptors (Lipinski definition) is 6. The molecule has 0 fully saturated rings. The lowest BCUT2D eigenvalue weighted by Gasteiger charge is -2.12. The molecular weight excluding hydrogens is 359 g/mol. The van der Waals surface area contributed by atoms with Gasteiger partial charge in [0, 0.05) is 30.1 Å². The van der Waals surface area contributed by atoms with Gasteiger partial charge in [-0.15, -0.1) is 0 Å². The quantitative estimate of drug-likeness (QED) is 0.604. The molecule has 0 radical (unpaired) electrons. The zero-order valence-corrected chi connectivity index (χ0v) is 16.1. The van der Waals surface area contributed by atoms with Gasteiger partial charge in [0.25, 0.3) is 0 Å². The zero-order valence-electron chi connectivity index (χ0n) is 16.1. The Morgan fingerprint density at radius 3 is 2.50 bits per heavy atom. The highest BCUT2D eigenvalue weighted by Crippen LogP contribution is 2.30. The van der Waals surface area contributed by atoms with E-state index >= 15 is 0 Å². The van der Waals surface area contributed by atoms with E-state index in [-0.39, 0.29) is 5.82 Å². The molecule has 1 aromatic heterocycles. The SMILES string of the molecule is COc1ccc(Nc2nc(C)cc(NCCc3ccccc3F)n2)cc1OC. The molecule has 0 saturated carbocycles. The monoisotopic (exact) mass is 382 g/mol. The first-order valence-electron chi connectivity index (χ1n) is 8.91. The van der Waals surface area contributed by atoms with Crippen LogP contribution in [0.25, 0.3) is 0 Å². The van der Waals surface area contributed by atoms with Crippen LogP contribution >= 0.6 is 0 Å². The second-order valence-electron chi connectivity index (χ2n) is 6.18. The van der Waals surface area contributed by atoms with Crippen molar-refractivity contribution in [1.29, 1.82) is 0 Å². The number of methoxy groups -OCH3 is 2. The minimum atomic E-state index is -0.195. The van der Waals surface area contributed by atoms with E-state index in [1.165, 1.54) is 6.07 Å². The average molecular weight is 382 g/mol. The molecule has 7 heteroatoms. The van der Waals surface area contributed by atoms with Crippen LogP contribution in [0.1, 0.15) is 11.3 Å². The molecule has 0 aliphatic carbocycles. The van der Waals surface area contributed by atoms with E-state index < -0.39 is 0 Å². The Labute approximate surface area is 163 Å². The van der Waals surface area contributed by atoms with Crippen LogP contribution < -0.4 is 20.1 Å². The molecule has 2 N–H and O–H groups in total. The Bertz CT molecular complexity index is 949. The van der Waals surface area contributed by atoms with Crippen molar-refractivity contribution >= 4 is 17.5 Å². The zero-order chi connectivity index (χ0) is 19.9. The molecule has 0 aliphatic heterocycles. The first kappa shape index (κ1) is 19.4. The van der Waals surface area contributed by atoms with Crippen LogP contribution in [0.3, 0.4) is 0 Å². The van der Waals surface area contributed by atoms with Crippen LogP contribution in [0.2, 0.25) is 0 Å². The molecule has 3 rings (SSSR count). The van der Waals surface area contributed by atoms with Crippen molar-refractivity contribution < 1.29 is 13.9 Å². The van der Waals surface area contributed by atoms with Gasteiger partial charge in [0.1, 0.15) is 11.6 Å². The standard InChI is InChI=1S/C21H23FN4O2/c1-14-12-20(23-11-10-15-6-4-5-7-17(15)22)26-21(24-14)25-16-8-9-18(27-2)19(13-16)28-3/h4-9,12-13H,10-11H2,1-3H3,(H2,23,24,25,26). The minimum absolute atomic E-state index is 0.195. The van der Waals surface area contributed by atoms with Crippen molar-refractivity contribution in [3.8, 4) is 11.5 Å². The summed E-state index contributed by atoms with van der Waals surface area (Å²) < 4.78 is 24.3. The smallest absolute Gasteiger partial charge is 0.229 e. The fraction of sp³-hybridized carbons (Fsp3) is 0.238. The first-order chi connectivity index (χ1) is 13.6. The summed E-state index contributed by atoms with van der Waals surface area (Å²) >= 11 is 0. The van der Waals surface area contributed by atoms with E-state index in [1.54, 1.807) is 26.4 Å². The summed E-state index contributed by atoms with van der Waals surface area (Å²) in [6.45, 7) is 2.46. The lowest BCUT2D eigenvalue weighted by Crippen LogP contribution is -2.09. The fourth-order valence-electron chi connectivity index (χ4n) is 2.78. The molecule has 0 bridgehead atoms. The number of halogens is 1. The number of ether oxygens (including phenoxy) is 2. The summed E-state index contributed by atoms with van der Waals surface area (Å²) in [6.07, 6.45) is 0.564. The second kappa shape index (κ2) is 9.03. The molecule has 1 heterocycles. The van der Waals surface area contributed by atoms with Crippen molar-refractivity contribution in [1.82, 2.24) is 9.97 Å². The summed E-state index contributed by atoms with van der Waals surface area (Å²) in [7, 11) is 3.18. The van der Waals surface area contributed by atoms with Crippen LogP contribution in [0.5, 0.6) is 11.5 Å². The summed E-state index contributed by atoms with van der Waals surface area (Å²) in [4.78, 5) is 8.89. The maximum atomic E-state index is 13.7. The van der Waals surface area contributed by atoms with Gasteiger partial charge < -0.3 is 20.1 Å². The van der Waals surface area contributed by atoms with Gasteiger partial charge in [-0.25, -0.2) is 9.37 Å². The summed E-state index contributed by atoms with van der Waals surface area (Å²) in [6, 6.07) is 14.1. The molecule has 0 aliphatic rings. The number of aryl methyl sites for hydroxylation is 1. The third-order valence-corrected chi connectivity index (χ3v) is 4.15. The van der Waals surface area contributed by atoms with E-state index in [0.29, 0.717) is 41.8 Å². The van der Waals surface area contributed by atoms with Crippen LogP contribution in [-0.4, -0.2) is 30.7 Å². The Balaban J connectivity index is 1.68. The van der Waals surface area contributed by atoms with Gasteiger partial charge >= 0.3 is 0 Å². The van der Waals surface area contributed by atoms with Crippen molar-refractivity contribution in [3.63, 3.8) is 0 Å². The summed E-state index contributed by atoms with van der Waals surface area (Å²) in [5.41, 5.74) is 2.26. The van der Waals surface area contributed by atoms with Crippen molar-refractivity contribution in [2.24, 2.45) is 0 Å². The van der Waals surface area contributed by atoms with E-state index in [2.05, 4.69) is 20.6 Å². The largest absolute Gasteiger partial charge is 0.493 e. The van der Waals surface area contributed by atoms with Gasteiger partial charge in [-0.3, -0.25) is 0 Å². The molecule has 28 heavy (non-hydrogen) atoms. The predicted molar refractivity (Wildman–Crippen MR) is 108 cm³/mol. The average Bonchev–Trinajstić information content (AvgIpc) is 2.69.